The third kappa shape index (κ3) is 3.64. The molecule has 1 aromatic heterocycles. The second-order valence-electron chi connectivity index (χ2n) is 4.41. The molecule has 1 amide bonds. The van der Waals surface area contributed by atoms with Crippen LogP contribution in [0.1, 0.15) is 6.92 Å². The number of nitrogens with zero attached hydrogens (tertiary/aromatic N) is 3. The molecule has 6 heteroatoms. The van der Waals surface area contributed by atoms with Crippen molar-refractivity contribution >= 4 is 17.7 Å². The Morgan fingerprint density at radius 3 is 2.81 bits per heavy atom. The van der Waals surface area contributed by atoms with Gasteiger partial charge in [-0.1, -0.05) is 48.0 Å². The van der Waals surface area contributed by atoms with Gasteiger partial charge in [0.25, 0.3) is 0 Å². The Bertz CT molecular complexity index is 660. The van der Waals surface area contributed by atoms with Gasteiger partial charge in [0.05, 0.1) is 11.8 Å². The molecule has 2 rings (SSSR count). The Hall–Kier alpha value is -2.26. The molecule has 0 bridgehead atoms. The lowest BCUT2D eigenvalue weighted by atomic mass is 10.2. The molecule has 1 N–H and O–H groups in total. The zero-order chi connectivity index (χ0) is 15.2. The van der Waals surface area contributed by atoms with Crippen molar-refractivity contribution in [3.8, 4) is 23.7 Å². The van der Waals surface area contributed by atoms with Gasteiger partial charge in [0.2, 0.25) is 5.91 Å². The summed E-state index contributed by atoms with van der Waals surface area (Å²) >= 11 is 1.35. The number of thioether (sulfide) groups is 1. The fourth-order valence-electron chi connectivity index (χ4n) is 1.75. The van der Waals surface area contributed by atoms with Crippen molar-refractivity contribution < 1.29 is 4.79 Å². The van der Waals surface area contributed by atoms with E-state index in [2.05, 4.69) is 21.4 Å². The summed E-state index contributed by atoms with van der Waals surface area (Å²) in [4.78, 5) is 11.8. The van der Waals surface area contributed by atoms with Crippen molar-refractivity contribution in [2.45, 2.75) is 17.3 Å². The molecule has 0 radical (unpaired) electrons. The summed E-state index contributed by atoms with van der Waals surface area (Å²) < 4.78 is 1.88. The predicted molar refractivity (Wildman–Crippen MR) is 83.6 cm³/mol. The number of carbonyl (C=O) groups excluding carboxylic acids is 1. The monoisotopic (exact) mass is 300 g/mol. The van der Waals surface area contributed by atoms with E-state index < -0.39 is 0 Å². The van der Waals surface area contributed by atoms with E-state index in [0.717, 1.165) is 11.4 Å². The highest BCUT2D eigenvalue weighted by molar-refractivity contribution is 8.00. The van der Waals surface area contributed by atoms with Crippen LogP contribution in [0.15, 0.2) is 35.5 Å². The van der Waals surface area contributed by atoms with E-state index in [1.54, 1.807) is 0 Å². The molecule has 108 valence electrons. The van der Waals surface area contributed by atoms with Crippen LogP contribution in [0.25, 0.3) is 11.4 Å². The zero-order valence-corrected chi connectivity index (χ0v) is 12.7. The maximum Gasteiger partial charge on any atom is 0.234 e. The van der Waals surface area contributed by atoms with Crippen LogP contribution in [0, 0.1) is 12.3 Å². The highest BCUT2D eigenvalue weighted by Crippen LogP contribution is 2.25. The molecule has 1 heterocycles. The van der Waals surface area contributed by atoms with Crippen LogP contribution in [0.2, 0.25) is 0 Å². The van der Waals surface area contributed by atoms with E-state index in [0.29, 0.717) is 5.16 Å². The Balaban J connectivity index is 2.11. The maximum atomic E-state index is 11.8. The SMILES string of the molecule is C#CCNC(=O)C(C)Sc1nnc(-c2ccccc2)n1C. The van der Waals surface area contributed by atoms with Crippen molar-refractivity contribution in [1.82, 2.24) is 20.1 Å². The van der Waals surface area contributed by atoms with Gasteiger partial charge in [0, 0.05) is 12.6 Å². The van der Waals surface area contributed by atoms with E-state index >= 15 is 0 Å². The van der Waals surface area contributed by atoms with Gasteiger partial charge in [-0.25, -0.2) is 0 Å². The largest absolute Gasteiger partial charge is 0.344 e. The number of rotatable bonds is 5. The number of benzene rings is 1. The molecule has 0 fully saturated rings. The number of hydrogen-bond donors (Lipinski definition) is 1. The Labute approximate surface area is 128 Å². The molecule has 0 aliphatic rings. The quantitative estimate of drug-likeness (QED) is 0.674. The van der Waals surface area contributed by atoms with E-state index in [-0.39, 0.29) is 17.7 Å². The normalized spacial score (nSPS) is 11.7. The molecule has 5 nitrogen and oxygen atoms in total. The van der Waals surface area contributed by atoms with Crippen LogP contribution in [0.5, 0.6) is 0 Å². The zero-order valence-electron chi connectivity index (χ0n) is 11.9. The van der Waals surface area contributed by atoms with Crippen molar-refractivity contribution in [3.05, 3.63) is 30.3 Å². The van der Waals surface area contributed by atoms with Crippen LogP contribution < -0.4 is 5.32 Å². The number of nitrogens with one attached hydrogen (secondary N) is 1. The van der Waals surface area contributed by atoms with Gasteiger partial charge in [-0.3, -0.25) is 4.79 Å². The number of carbonyl (C=O) groups is 1. The van der Waals surface area contributed by atoms with Crippen LogP contribution in [-0.4, -0.2) is 32.5 Å². The molecule has 21 heavy (non-hydrogen) atoms. The average molecular weight is 300 g/mol. The maximum absolute atomic E-state index is 11.8. The number of terminal acetylenes is 1. The summed E-state index contributed by atoms with van der Waals surface area (Å²) in [7, 11) is 1.89. The van der Waals surface area contributed by atoms with E-state index in [9.17, 15) is 4.79 Å². The summed E-state index contributed by atoms with van der Waals surface area (Å²) in [6.45, 7) is 2.05. The standard InChI is InChI=1S/C15H16N4OS/c1-4-10-16-14(20)11(2)21-15-18-17-13(19(15)3)12-8-6-5-7-9-12/h1,5-9,11H,10H2,2-3H3,(H,16,20). The van der Waals surface area contributed by atoms with Crippen LogP contribution in [-0.2, 0) is 11.8 Å². The lowest BCUT2D eigenvalue weighted by Crippen LogP contribution is -2.31. The van der Waals surface area contributed by atoms with Crippen molar-refractivity contribution in [2.75, 3.05) is 6.54 Å². The summed E-state index contributed by atoms with van der Waals surface area (Å²) in [5.74, 6) is 3.04. The van der Waals surface area contributed by atoms with Crippen molar-refractivity contribution in [2.24, 2.45) is 7.05 Å². The summed E-state index contributed by atoms with van der Waals surface area (Å²) in [5, 5.41) is 11.4. The lowest BCUT2D eigenvalue weighted by molar-refractivity contribution is -0.120. The highest BCUT2D eigenvalue weighted by Gasteiger charge is 2.18. The molecule has 0 saturated heterocycles. The molecule has 1 atom stereocenters. The van der Waals surface area contributed by atoms with Crippen molar-refractivity contribution in [1.29, 1.82) is 0 Å². The van der Waals surface area contributed by atoms with Gasteiger partial charge < -0.3 is 9.88 Å². The fourth-order valence-corrected chi connectivity index (χ4v) is 2.59. The topological polar surface area (TPSA) is 59.8 Å². The summed E-state index contributed by atoms with van der Waals surface area (Å²) in [6, 6.07) is 9.80. The van der Waals surface area contributed by atoms with Gasteiger partial charge in [0.1, 0.15) is 0 Å². The van der Waals surface area contributed by atoms with Gasteiger partial charge >= 0.3 is 0 Å². The van der Waals surface area contributed by atoms with Crippen LogP contribution in [0.3, 0.4) is 0 Å². The molecule has 0 aliphatic carbocycles. The minimum atomic E-state index is -0.287. The Morgan fingerprint density at radius 2 is 2.14 bits per heavy atom. The first-order valence-corrected chi connectivity index (χ1v) is 7.34. The highest BCUT2D eigenvalue weighted by atomic mass is 32.2. The first-order chi connectivity index (χ1) is 10.1. The third-order valence-corrected chi connectivity index (χ3v) is 4.02. The van der Waals surface area contributed by atoms with E-state index in [1.165, 1.54) is 11.8 Å². The third-order valence-electron chi connectivity index (χ3n) is 2.88. The first-order valence-electron chi connectivity index (χ1n) is 6.46. The molecule has 1 unspecified atom stereocenters. The average Bonchev–Trinajstić information content (AvgIpc) is 2.86. The van der Waals surface area contributed by atoms with E-state index in [1.807, 2.05) is 48.9 Å². The number of aromatic nitrogens is 3. The minimum absolute atomic E-state index is 0.109. The van der Waals surface area contributed by atoms with Gasteiger partial charge in [0.15, 0.2) is 11.0 Å². The smallest absolute Gasteiger partial charge is 0.234 e. The van der Waals surface area contributed by atoms with Crippen LogP contribution >= 0.6 is 11.8 Å². The molecule has 0 saturated carbocycles. The second-order valence-corrected chi connectivity index (χ2v) is 5.72. The number of amides is 1. The first kappa shape index (κ1) is 15.1. The van der Waals surface area contributed by atoms with Gasteiger partial charge in [-0.05, 0) is 6.92 Å². The Morgan fingerprint density at radius 1 is 1.43 bits per heavy atom. The van der Waals surface area contributed by atoms with Gasteiger partial charge in [-0.2, -0.15) is 0 Å². The van der Waals surface area contributed by atoms with E-state index in [4.69, 9.17) is 6.42 Å². The molecular formula is C15H16N4OS. The second kappa shape index (κ2) is 6.95. The predicted octanol–water partition coefficient (Wildman–Crippen LogP) is 1.71. The molecular weight excluding hydrogens is 284 g/mol. The minimum Gasteiger partial charge on any atom is -0.344 e. The van der Waals surface area contributed by atoms with Gasteiger partial charge in [-0.15, -0.1) is 16.6 Å². The van der Waals surface area contributed by atoms with Crippen LogP contribution in [0.4, 0.5) is 0 Å². The summed E-state index contributed by atoms with van der Waals surface area (Å²) in [6.07, 6.45) is 5.12. The van der Waals surface area contributed by atoms with Crippen molar-refractivity contribution in [3.63, 3.8) is 0 Å². The molecule has 2 aromatic rings. The fraction of sp³-hybridized carbons (Fsp3) is 0.267. The molecule has 0 spiro atoms. The number of hydrogen-bond acceptors (Lipinski definition) is 4. The summed E-state index contributed by atoms with van der Waals surface area (Å²) in [5.41, 5.74) is 0.990. The lowest BCUT2D eigenvalue weighted by Gasteiger charge is -2.10. The Kier molecular flexibility index (Phi) is 5.01. The molecule has 1 aromatic carbocycles. The molecule has 0 aliphatic heterocycles.